The quantitative estimate of drug-likeness (QED) is 0.628. The second kappa shape index (κ2) is 6.60. The van der Waals surface area contributed by atoms with Crippen molar-refractivity contribution in [2.45, 2.75) is 23.5 Å². The standard InChI is InChI=1S/C14H14F3NO3S/c1-21-13(20)11-5-6-18(11)12(19)9-3-2-4-10(7-9)22-8-14(15,16)17/h2-4,7,11H,5-6,8H2,1H3. The van der Waals surface area contributed by atoms with Gasteiger partial charge in [-0.3, -0.25) is 4.79 Å². The zero-order chi connectivity index (χ0) is 16.3. The summed E-state index contributed by atoms with van der Waals surface area (Å²) in [6.07, 6.45) is -3.74. The number of alkyl halides is 3. The summed E-state index contributed by atoms with van der Waals surface area (Å²) in [7, 11) is 1.25. The topological polar surface area (TPSA) is 46.6 Å². The average molecular weight is 333 g/mol. The number of amides is 1. The van der Waals surface area contributed by atoms with Crippen LogP contribution in [0.3, 0.4) is 0 Å². The number of likely N-dealkylation sites (tertiary alicyclic amines) is 1. The van der Waals surface area contributed by atoms with Gasteiger partial charge < -0.3 is 9.64 Å². The summed E-state index contributed by atoms with van der Waals surface area (Å²) in [6.45, 7) is 0.429. The Bertz CT molecular complexity index is 577. The van der Waals surface area contributed by atoms with Gasteiger partial charge in [0.2, 0.25) is 0 Å². The lowest BCUT2D eigenvalue weighted by atomic mass is 10.0. The molecule has 1 aromatic carbocycles. The first kappa shape index (κ1) is 16.7. The van der Waals surface area contributed by atoms with Crippen LogP contribution in [0, 0.1) is 0 Å². The van der Waals surface area contributed by atoms with E-state index >= 15 is 0 Å². The molecule has 8 heteroatoms. The van der Waals surface area contributed by atoms with Crippen molar-refractivity contribution in [3.05, 3.63) is 29.8 Å². The fraction of sp³-hybridized carbons (Fsp3) is 0.429. The molecule has 0 aromatic heterocycles. The van der Waals surface area contributed by atoms with Crippen LogP contribution in [0.1, 0.15) is 16.8 Å². The molecule has 1 saturated heterocycles. The Morgan fingerprint density at radius 1 is 1.41 bits per heavy atom. The zero-order valence-electron chi connectivity index (χ0n) is 11.7. The molecule has 1 aliphatic rings. The highest BCUT2D eigenvalue weighted by molar-refractivity contribution is 7.99. The number of hydrogen-bond acceptors (Lipinski definition) is 4. The van der Waals surface area contributed by atoms with E-state index < -0.39 is 23.9 Å². The molecule has 0 aliphatic carbocycles. The van der Waals surface area contributed by atoms with Crippen molar-refractivity contribution in [3.8, 4) is 0 Å². The summed E-state index contributed by atoms with van der Waals surface area (Å²) >= 11 is 0.621. The van der Waals surface area contributed by atoms with Gasteiger partial charge in [0.05, 0.1) is 12.9 Å². The average Bonchev–Trinajstić information content (AvgIpc) is 2.43. The van der Waals surface area contributed by atoms with Crippen LogP contribution in [0.15, 0.2) is 29.2 Å². The number of nitrogens with zero attached hydrogens (tertiary/aromatic N) is 1. The fourth-order valence-electron chi connectivity index (χ4n) is 2.06. The summed E-state index contributed by atoms with van der Waals surface area (Å²) in [5, 5.41) is 0. The maximum absolute atomic E-state index is 12.3. The molecule has 1 aromatic rings. The number of benzene rings is 1. The molecule has 0 N–H and O–H groups in total. The molecular formula is C14H14F3NO3S. The van der Waals surface area contributed by atoms with Gasteiger partial charge in [0.15, 0.2) is 0 Å². The van der Waals surface area contributed by atoms with Crippen LogP contribution in [-0.2, 0) is 9.53 Å². The van der Waals surface area contributed by atoms with Crippen LogP contribution in [0.25, 0.3) is 0 Å². The normalized spacial score (nSPS) is 17.8. The Labute approximate surface area is 129 Å². The van der Waals surface area contributed by atoms with Gasteiger partial charge in [-0.25, -0.2) is 4.79 Å². The van der Waals surface area contributed by atoms with Crippen molar-refractivity contribution in [1.29, 1.82) is 0 Å². The molecule has 1 amide bonds. The third-order valence-electron chi connectivity index (χ3n) is 3.24. The number of ether oxygens (including phenoxy) is 1. The number of methoxy groups -OCH3 is 1. The molecule has 1 atom stereocenters. The van der Waals surface area contributed by atoms with Gasteiger partial charge in [0.1, 0.15) is 6.04 Å². The summed E-state index contributed by atoms with van der Waals surface area (Å²) in [6, 6.07) is 5.36. The Kier molecular flexibility index (Phi) is 5.00. The van der Waals surface area contributed by atoms with Gasteiger partial charge in [-0.2, -0.15) is 13.2 Å². The maximum Gasteiger partial charge on any atom is 0.398 e. The summed E-state index contributed by atoms with van der Waals surface area (Å²) in [4.78, 5) is 25.5. The van der Waals surface area contributed by atoms with E-state index in [1.165, 1.54) is 36.3 Å². The molecule has 4 nitrogen and oxygen atoms in total. The number of hydrogen-bond donors (Lipinski definition) is 0. The molecule has 0 radical (unpaired) electrons. The van der Waals surface area contributed by atoms with Crippen LogP contribution in [0.4, 0.5) is 13.2 Å². The molecule has 22 heavy (non-hydrogen) atoms. The van der Waals surface area contributed by atoms with E-state index in [0.717, 1.165) is 0 Å². The third kappa shape index (κ3) is 3.94. The smallest absolute Gasteiger partial charge is 0.398 e. The minimum atomic E-state index is -4.27. The minimum absolute atomic E-state index is 0.265. The van der Waals surface area contributed by atoms with Crippen molar-refractivity contribution < 1.29 is 27.5 Å². The van der Waals surface area contributed by atoms with Gasteiger partial charge in [-0.15, -0.1) is 11.8 Å². The van der Waals surface area contributed by atoms with Crippen molar-refractivity contribution >= 4 is 23.6 Å². The summed E-state index contributed by atoms with van der Waals surface area (Å²) in [5.74, 6) is -1.88. The molecular weight excluding hydrogens is 319 g/mol. The van der Waals surface area contributed by atoms with Crippen molar-refractivity contribution in [2.75, 3.05) is 19.4 Å². The lowest BCUT2D eigenvalue weighted by Crippen LogP contribution is -2.55. The summed E-state index contributed by atoms with van der Waals surface area (Å²) < 4.78 is 41.3. The first-order valence-corrected chi connectivity index (χ1v) is 7.49. The molecule has 120 valence electrons. The van der Waals surface area contributed by atoms with E-state index in [2.05, 4.69) is 4.74 Å². The lowest BCUT2D eigenvalue weighted by molar-refractivity contribution is -0.149. The molecule has 2 rings (SSSR count). The third-order valence-corrected chi connectivity index (χ3v) is 4.30. The van der Waals surface area contributed by atoms with Crippen LogP contribution < -0.4 is 0 Å². The van der Waals surface area contributed by atoms with Gasteiger partial charge in [-0.05, 0) is 24.6 Å². The molecule has 1 aliphatic heterocycles. The highest BCUT2D eigenvalue weighted by atomic mass is 32.2. The summed E-state index contributed by atoms with van der Waals surface area (Å²) in [5.41, 5.74) is 0.265. The second-order valence-electron chi connectivity index (χ2n) is 4.76. The van der Waals surface area contributed by atoms with E-state index in [-0.39, 0.29) is 11.5 Å². The number of esters is 1. The zero-order valence-corrected chi connectivity index (χ0v) is 12.5. The molecule has 1 fully saturated rings. The van der Waals surface area contributed by atoms with E-state index in [1.807, 2.05) is 0 Å². The fourth-order valence-corrected chi connectivity index (χ4v) is 2.78. The predicted molar refractivity (Wildman–Crippen MR) is 74.7 cm³/mol. The number of rotatable bonds is 4. The molecule has 0 spiro atoms. The molecule has 1 unspecified atom stereocenters. The number of carbonyl (C=O) groups excluding carboxylic acids is 2. The highest BCUT2D eigenvalue weighted by Crippen LogP contribution is 2.29. The number of halogens is 3. The Hall–Kier alpha value is -1.70. The Balaban J connectivity index is 2.06. The molecule has 1 heterocycles. The van der Waals surface area contributed by atoms with Crippen LogP contribution in [0.5, 0.6) is 0 Å². The SMILES string of the molecule is COC(=O)C1CCN1C(=O)c1cccc(SCC(F)(F)F)c1. The van der Waals surface area contributed by atoms with E-state index in [1.54, 1.807) is 0 Å². The monoisotopic (exact) mass is 333 g/mol. The van der Waals surface area contributed by atoms with Crippen LogP contribution in [0.2, 0.25) is 0 Å². The van der Waals surface area contributed by atoms with E-state index in [9.17, 15) is 22.8 Å². The van der Waals surface area contributed by atoms with Gasteiger partial charge in [0.25, 0.3) is 5.91 Å². The lowest BCUT2D eigenvalue weighted by Gasteiger charge is -2.38. The molecule has 0 saturated carbocycles. The Morgan fingerprint density at radius 3 is 2.68 bits per heavy atom. The minimum Gasteiger partial charge on any atom is -0.467 e. The van der Waals surface area contributed by atoms with E-state index in [4.69, 9.17) is 0 Å². The highest BCUT2D eigenvalue weighted by Gasteiger charge is 2.38. The first-order chi connectivity index (χ1) is 10.3. The van der Waals surface area contributed by atoms with Gasteiger partial charge in [0, 0.05) is 17.0 Å². The molecule has 0 bridgehead atoms. The van der Waals surface area contributed by atoms with Crippen LogP contribution in [-0.4, -0.2) is 48.4 Å². The van der Waals surface area contributed by atoms with Crippen molar-refractivity contribution in [1.82, 2.24) is 4.90 Å². The largest absolute Gasteiger partial charge is 0.467 e. The number of thioether (sulfide) groups is 1. The van der Waals surface area contributed by atoms with Gasteiger partial charge in [-0.1, -0.05) is 6.07 Å². The second-order valence-corrected chi connectivity index (χ2v) is 5.81. The number of carbonyl (C=O) groups is 2. The van der Waals surface area contributed by atoms with Crippen molar-refractivity contribution in [2.24, 2.45) is 0 Å². The van der Waals surface area contributed by atoms with Gasteiger partial charge >= 0.3 is 12.1 Å². The van der Waals surface area contributed by atoms with Crippen LogP contribution >= 0.6 is 11.8 Å². The Morgan fingerprint density at radius 2 is 2.14 bits per heavy atom. The van der Waals surface area contributed by atoms with Crippen molar-refractivity contribution in [3.63, 3.8) is 0 Å². The first-order valence-electron chi connectivity index (χ1n) is 6.50. The maximum atomic E-state index is 12.3. The predicted octanol–water partition coefficient (Wildman–Crippen LogP) is 2.73. The van der Waals surface area contributed by atoms with E-state index in [0.29, 0.717) is 29.6 Å².